The van der Waals surface area contributed by atoms with Crippen molar-refractivity contribution >= 4 is 11.8 Å². The Bertz CT molecular complexity index is 526. The molecule has 1 atom stereocenters. The maximum atomic E-state index is 12.0. The molecule has 20 heavy (non-hydrogen) atoms. The molecule has 3 rings (SSSR count). The van der Waals surface area contributed by atoms with Gasteiger partial charge in [0.2, 0.25) is 11.8 Å². The van der Waals surface area contributed by atoms with Crippen LogP contribution in [0.2, 0.25) is 0 Å². The van der Waals surface area contributed by atoms with Gasteiger partial charge < -0.3 is 15.4 Å². The predicted molar refractivity (Wildman–Crippen MR) is 73.3 cm³/mol. The molecule has 1 saturated carbocycles. The molecule has 5 nitrogen and oxygen atoms in total. The monoisotopic (exact) mass is 274 g/mol. The lowest BCUT2D eigenvalue weighted by molar-refractivity contribution is -0.129. The normalized spacial score (nSPS) is 20.5. The summed E-state index contributed by atoms with van der Waals surface area (Å²) in [5.74, 6) is 0.394. The summed E-state index contributed by atoms with van der Waals surface area (Å²) >= 11 is 0. The third-order valence-corrected chi connectivity index (χ3v) is 3.62. The Morgan fingerprint density at radius 2 is 2.05 bits per heavy atom. The van der Waals surface area contributed by atoms with Crippen LogP contribution >= 0.6 is 0 Å². The number of amides is 2. The van der Waals surface area contributed by atoms with Crippen molar-refractivity contribution in [3.63, 3.8) is 0 Å². The summed E-state index contributed by atoms with van der Waals surface area (Å²) in [5.41, 5.74) is 1.04. The Labute approximate surface area is 117 Å². The lowest BCUT2D eigenvalue weighted by Crippen LogP contribution is -2.42. The van der Waals surface area contributed by atoms with Crippen LogP contribution in [0.4, 0.5) is 0 Å². The lowest BCUT2D eigenvalue weighted by Gasteiger charge is -2.24. The number of rotatable bonds is 4. The van der Waals surface area contributed by atoms with Crippen molar-refractivity contribution in [2.45, 2.75) is 25.3 Å². The molecule has 1 unspecified atom stereocenters. The Kier molecular flexibility index (Phi) is 3.58. The van der Waals surface area contributed by atoms with Crippen LogP contribution in [-0.4, -0.2) is 31.0 Å². The number of hydrogen-bond donors (Lipinski definition) is 2. The van der Waals surface area contributed by atoms with Crippen molar-refractivity contribution < 1.29 is 14.3 Å². The molecule has 0 saturated heterocycles. The van der Waals surface area contributed by atoms with Crippen LogP contribution < -0.4 is 15.4 Å². The van der Waals surface area contributed by atoms with Gasteiger partial charge >= 0.3 is 0 Å². The van der Waals surface area contributed by atoms with Crippen LogP contribution in [0.3, 0.4) is 0 Å². The standard InChI is InChI=1S/C15H18N2O3/c18-14(17-12-5-6-12)8-16-15(19)11-7-10-3-1-2-4-13(10)20-9-11/h1-4,11-12H,5-9H2,(H,16,19)(H,17,18). The van der Waals surface area contributed by atoms with Crippen molar-refractivity contribution in [3.05, 3.63) is 29.8 Å². The molecule has 0 spiro atoms. The van der Waals surface area contributed by atoms with E-state index < -0.39 is 0 Å². The quantitative estimate of drug-likeness (QED) is 0.846. The molecular formula is C15H18N2O3. The van der Waals surface area contributed by atoms with E-state index in [0.717, 1.165) is 24.2 Å². The van der Waals surface area contributed by atoms with Crippen molar-refractivity contribution in [1.82, 2.24) is 10.6 Å². The lowest BCUT2D eigenvalue weighted by atomic mass is 9.96. The van der Waals surface area contributed by atoms with Crippen molar-refractivity contribution in [3.8, 4) is 5.75 Å². The Morgan fingerprint density at radius 3 is 2.85 bits per heavy atom. The first-order chi connectivity index (χ1) is 9.72. The summed E-state index contributed by atoms with van der Waals surface area (Å²) in [5, 5.41) is 5.53. The topological polar surface area (TPSA) is 67.4 Å². The highest BCUT2D eigenvalue weighted by atomic mass is 16.5. The number of hydrogen-bond acceptors (Lipinski definition) is 3. The molecule has 1 fully saturated rings. The van der Waals surface area contributed by atoms with Gasteiger partial charge in [-0.3, -0.25) is 9.59 Å². The van der Waals surface area contributed by atoms with Gasteiger partial charge in [0.05, 0.1) is 12.5 Å². The molecular weight excluding hydrogens is 256 g/mol. The van der Waals surface area contributed by atoms with E-state index in [1.165, 1.54) is 0 Å². The number of fused-ring (bicyclic) bond motifs is 1. The summed E-state index contributed by atoms with van der Waals surface area (Å²) in [4.78, 5) is 23.6. The van der Waals surface area contributed by atoms with E-state index in [1.807, 2.05) is 24.3 Å². The number of benzene rings is 1. The van der Waals surface area contributed by atoms with Crippen LogP contribution in [0, 0.1) is 5.92 Å². The van der Waals surface area contributed by atoms with Gasteiger partial charge in [0, 0.05) is 6.04 Å². The number of para-hydroxylation sites is 1. The largest absolute Gasteiger partial charge is 0.492 e. The number of carbonyl (C=O) groups excluding carboxylic acids is 2. The third-order valence-electron chi connectivity index (χ3n) is 3.62. The summed E-state index contributed by atoms with van der Waals surface area (Å²) in [6, 6.07) is 8.05. The third kappa shape index (κ3) is 3.10. The van der Waals surface area contributed by atoms with Crippen LogP contribution in [-0.2, 0) is 16.0 Å². The minimum absolute atomic E-state index is 0.0491. The minimum Gasteiger partial charge on any atom is -0.492 e. The zero-order valence-electron chi connectivity index (χ0n) is 11.2. The second-order valence-corrected chi connectivity index (χ2v) is 5.38. The molecule has 1 heterocycles. The van der Waals surface area contributed by atoms with E-state index in [1.54, 1.807) is 0 Å². The maximum absolute atomic E-state index is 12.0. The SMILES string of the molecule is O=C(CNC(=O)C1COc2ccccc2C1)NC1CC1. The molecule has 2 aliphatic rings. The van der Waals surface area contributed by atoms with E-state index in [-0.39, 0.29) is 24.3 Å². The molecule has 2 N–H and O–H groups in total. The summed E-state index contributed by atoms with van der Waals surface area (Å²) in [6.07, 6.45) is 2.76. The molecule has 1 aromatic rings. The molecule has 1 aromatic carbocycles. The summed E-state index contributed by atoms with van der Waals surface area (Å²) < 4.78 is 5.58. The predicted octanol–water partition coefficient (Wildman–Crippen LogP) is 0.632. The molecule has 0 radical (unpaired) electrons. The molecule has 1 aliphatic heterocycles. The molecule has 1 aliphatic carbocycles. The fourth-order valence-corrected chi connectivity index (χ4v) is 2.31. The van der Waals surface area contributed by atoms with Crippen LogP contribution in [0.1, 0.15) is 18.4 Å². The highest BCUT2D eigenvalue weighted by Crippen LogP contribution is 2.26. The summed E-state index contributed by atoms with van der Waals surface area (Å²) in [7, 11) is 0. The van der Waals surface area contributed by atoms with Crippen LogP contribution in [0.5, 0.6) is 5.75 Å². The fourth-order valence-electron chi connectivity index (χ4n) is 2.31. The second kappa shape index (κ2) is 5.53. The smallest absolute Gasteiger partial charge is 0.239 e. The van der Waals surface area contributed by atoms with E-state index in [9.17, 15) is 9.59 Å². The van der Waals surface area contributed by atoms with Gasteiger partial charge in [-0.1, -0.05) is 18.2 Å². The zero-order valence-corrected chi connectivity index (χ0v) is 11.2. The Hall–Kier alpha value is -2.04. The molecule has 0 aromatic heterocycles. The van der Waals surface area contributed by atoms with E-state index in [0.29, 0.717) is 19.1 Å². The van der Waals surface area contributed by atoms with E-state index >= 15 is 0 Å². The van der Waals surface area contributed by atoms with Gasteiger partial charge in [0.25, 0.3) is 0 Å². The highest BCUT2D eigenvalue weighted by Gasteiger charge is 2.27. The first-order valence-electron chi connectivity index (χ1n) is 7.00. The fraction of sp³-hybridized carbons (Fsp3) is 0.467. The molecule has 5 heteroatoms. The van der Waals surface area contributed by atoms with Crippen molar-refractivity contribution in [1.29, 1.82) is 0 Å². The minimum atomic E-state index is -0.223. The van der Waals surface area contributed by atoms with Gasteiger partial charge in [0.1, 0.15) is 12.4 Å². The van der Waals surface area contributed by atoms with Gasteiger partial charge in [0.15, 0.2) is 0 Å². The molecule has 2 amide bonds. The maximum Gasteiger partial charge on any atom is 0.239 e. The average molecular weight is 274 g/mol. The Balaban J connectivity index is 1.49. The Morgan fingerprint density at radius 1 is 1.25 bits per heavy atom. The zero-order chi connectivity index (χ0) is 13.9. The average Bonchev–Trinajstić information content (AvgIpc) is 3.28. The second-order valence-electron chi connectivity index (χ2n) is 5.38. The van der Waals surface area contributed by atoms with E-state index in [2.05, 4.69) is 10.6 Å². The van der Waals surface area contributed by atoms with Gasteiger partial charge in [-0.25, -0.2) is 0 Å². The number of nitrogens with one attached hydrogen (secondary N) is 2. The van der Waals surface area contributed by atoms with E-state index in [4.69, 9.17) is 4.74 Å². The number of ether oxygens (including phenoxy) is 1. The first kappa shape index (κ1) is 13.0. The van der Waals surface area contributed by atoms with Crippen LogP contribution in [0.25, 0.3) is 0 Å². The van der Waals surface area contributed by atoms with Gasteiger partial charge in [-0.15, -0.1) is 0 Å². The van der Waals surface area contributed by atoms with Crippen LogP contribution in [0.15, 0.2) is 24.3 Å². The number of carbonyl (C=O) groups is 2. The molecule has 0 bridgehead atoms. The summed E-state index contributed by atoms with van der Waals surface area (Å²) in [6.45, 7) is 0.417. The van der Waals surface area contributed by atoms with Crippen molar-refractivity contribution in [2.24, 2.45) is 5.92 Å². The highest BCUT2D eigenvalue weighted by molar-refractivity contribution is 5.86. The van der Waals surface area contributed by atoms with Gasteiger partial charge in [-0.2, -0.15) is 0 Å². The molecule has 106 valence electrons. The van der Waals surface area contributed by atoms with Gasteiger partial charge in [-0.05, 0) is 30.9 Å². The van der Waals surface area contributed by atoms with Crippen molar-refractivity contribution in [2.75, 3.05) is 13.2 Å². The first-order valence-corrected chi connectivity index (χ1v) is 7.00.